The van der Waals surface area contributed by atoms with Gasteiger partial charge in [0.1, 0.15) is 5.75 Å². The van der Waals surface area contributed by atoms with Crippen LogP contribution in [0.4, 0.5) is 11.4 Å². The van der Waals surface area contributed by atoms with E-state index in [1.807, 2.05) is 24.3 Å². The highest BCUT2D eigenvalue weighted by Crippen LogP contribution is 2.55. The number of para-hydroxylation sites is 1. The molecule has 0 radical (unpaired) electrons. The molecule has 2 aliphatic heterocycles. The molecule has 0 amide bonds. The molecule has 162 valence electrons. The van der Waals surface area contributed by atoms with Crippen molar-refractivity contribution in [2.45, 2.75) is 44.8 Å². The van der Waals surface area contributed by atoms with Crippen LogP contribution in [0, 0.1) is 10.1 Å². The van der Waals surface area contributed by atoms with E-state index in [2.05, 4.69) is 30.9 Å². The van der Waals surface area contributed by atoms with E-state index in [9.17, 15) is 14.9 Å². The van der Waals surface area contributed by atoms with Crippen LogP contribution in [0.15, 0.2) is 48.5 Å². The molecule has 7 heteroatoms. The van der Waals surface area contributed by atoms with Crippen molar-refractivity contribution in [3.8, 4) is 5.75 Å². The fraction of sp³-hybridized carbons (Fsp3) is 0.375. The summed E-state index contributed by atoms with van der Waals surface area (Å²) in [5.74, 6) is 0.394. The van der Waals surface area contributed by atoms with E-state index in [1.165, 1.54) is 12.1 Å². The number of esters is 1. The predicted octanol–water partition coefficient (Wildman–Crippen LogP) is 4.84. The number of rotatable bonds is 6. The number of non-ortho nitro benzene ring substituents is 1. The van der Waals surface area contributed by atoms with Crippen molar-refractivity contribution < 1.29 is 19.2 Å². The molecule has 2 heterocycles. The van der Waals surface area contributed by atoms with E-state index < -0.39 is 16.1 Å². The van der Waals surface area contributed by atoms with Gasteiger partial charge in [-0.3, -0.25) is 14.9 Å². The number of hydrogen-bond acceptors (Lipinski definition) is 6. The lowest BCUT2D eigenvalue weighted by atomic mass is 9.76. The topological polar surface area (TPSA) is 81.9 Å². The Hall–Kier alpha value is -3.35. The summed E-state index contributed by atoms with van der Waals surface area (Å²) >= 11 is 0. The Morgan fingerprint density at radius 2 is 2.00 bits per heavy atom. The maximum Gasteiger partial charge on any atom is 0.305 e. The molecule has 0 aromatic heterocycles. The summed E-state index contributed by atoms with van der Waals surface area (Å²) in [6.45, 7) is 7.05. The summed E-state index contributed by atoms with van der Waals surface area (Å²) in [6, 6.07) is 12.8. The summed E-state index contributed by atoms with van der Waals surface area (Å²) in [4.78, 5) is 24.8. The third kappa shape index (κ3) is 3.34. The molecule has 0 bridgehead atoms. The molecule has 31 heavy (non-hydrogen) atoms. The quantitative estimate of drug-likeness (QED) is 0.376. The van der Waals surface area contributed by atoms with Crippen molar-refractivity contribution in [3.63, 3.8) is 0 Å². The van der Waals surface area contributed by atoms with E-state index in [0.717, 1.165) is 11.3 Å². The van der Waals surface area contributed by atoms with Crippen LogP contribution in [0.2, 0.25) is 0 Å². The molecule has 0 saturated carbocycles. The van der Waals surface area contributed by atoms with E-state index in [-0.39, 0.29) is 11.7 Å². The molecule has 4 rings (SSSR count). The van der Waals surface area contributed by atoms with Crippen LogP contribution in [0.3, 0.4) is 0 Å². The van der Waals surface area contributed by atoms with Gasteiger partial charge >= 0.3 is 5.97 Å². The summed E-state index contributed by atoms with van der Waals surface area (Å²) in [5.41, 5.74) is 1.71. The number of nitro benzene ring substituents is 1. The highest BCUT2D eigenvalue weighted by molar-refractivity contribution is 5.73. The minimum absolute atomic E-state index is 0.0308. The molecular formula is C24H26N2O5. The molecule has 2 aliphatic rings. The van der Waals surface area contributed by atoms with Gasteiger partial charge in [-0.1, -0.05) is 18.2 Å². The fourth-order valence-corrected chi connectivity index (χ4v) is 4.61. The average molecular weight is 422 g/mol. The maximum absolute atomic E-state index is 11.9. The fourth-order valence-electron chi connectivity index (χ4n) is 4.61. The van der Waals surface area contributed by atoms with E-state index in [1.54, 1.807) is 13.0 Å². The van der Waals surface area contributed by atoms with Crippen LogP contribution in [0.1, 0.15) is 44.7 Å². The molecule has 1 spiro atoms. The summed E-state index contributed by atoms with van der Waals surface area (Å²) in [5, 5.41) is 11.2. The lowest BCUT2D eigenvalue weighted by Gasteiger charge is -2.47. The Bertz CT molecular complexity index is 1060. The number of carbonyl (C=O) groups excluding carboxylic acids is 1. The molecule has 0 fully saturated rings. The van der Waals surface area contributed by atoms with Gasteiger partial charge in [0.05, 0.1) is 16.9 Å². The minimum Gasteiger partial charge on any atom is -0.466 e. The predicted molar refractivity (Wildman–Crippen MR) is 118 cm³/mol. The zero-order chi connectivity index (χ0) is 22.2. The number of benzene rings is 2. The second-order valence-corrected chi connectivity index (χ2v) is 8.31. The molecule has 0 saturated heterocycles. The molecule has 1 atom stereocenters. The Morgan fingerprint density at radius 1 is 1.23 bits per heavy atom. The second-order valence-electron chi connectivity index (χ2n) is 8.31. The zero-order valence-electron chi connectivity index (χ0n) is 18.0. The first-order valence-electron chi connectivity index (χ1n) is 10.5. The Kier molecular flexibility index (Phi) is 5.21. The third-order valence-corrected chi connectivity index (χ3v) is 6.19. The van der Waals surface area contributed by atoms with Crippen LogP contribution < -0.4 is 9.64 Å². The average Bonchev–Trinajstić information content (AvgIpc) is 2.92. The van der Waals surface area contributed by atoms with E-state index in [0.29, 0.717) is 37.3 Å². The van der Waals surface area contributed by atoms with Crippen molar-refractivity contribution in [2.75, 3.05) is 18.1 Å². The molecule has 2 aromatic carbocycles. The summed E-state index contributed by atoms with van der Waals surface area (Å²) in [7, 11) is 0. The van der Waals surface area contributed by atoms with Gasteiger partial charge in [0.2, 0.25) is 5.72 Å². The molecule has 7 nitrogen and oxygen atoms in total. The molecular weight excluding hydrogens is 396 g/mol. The van der Waals surface area contributed by atoms with Crippen LogP contribution in [-0.2, 0) is 14.9 Å². The van der Waals surface area contributed by atoms with Crippen molar-refractivity contribution in [3.05, 3.63) is 69.8 Å². The van der Waals surface area contributed by atoms with Crippen LogP contribution >= 0.6 is 0 Å². The second kappa shape index (κ2) is 7.72. The van der Waals surface area contributed by atoms with Crippen LogP contribution in [-0.4, -0.2) is 29.8 Å². The van der Waals surface area contributed by atoms with Gasteiger partial charge in [0, 0.05) is 36.3 Å². The number of ether oxygens (including phenoxy) is 2. The van der Waals surface area contributed by atoms with Gasteiger partial charge in [-0.15, -0.1) is 0 Å². The number of anilines is 1. The monoisotopic (exact) mass is 422 g/mol. The normalized spacial score (nSPS) is 20.2. The maximum atomic E-state index is 11.9. The van der Waals surface area contributed by atoms with Crippen LogP contribution in [0.25, 0.3) is 6.08 Å². The first-order valence-corrected chi connectivity index (χ1v) is 10.5. The third-order valence-electron chi connectivity index (χ3n) is 6.19. The van der Waals surface area contributed by atoms with Crippen LogP contribution in [0.5, 0.6) is 5.75 Å². The number of hydrogen-bond donors (Lipinski definition) is 0. The summed E-state index contributed by atoms with van der Waals surface area (Å²) < 4.78 is 11.7. The largest absolute Gasteiger partial charge is 0.466 e. The van der Waals surface area contributed by atoms with Gasteiger partial charge in [0.15, 0.2) is 0 Å². The van der Waals surface area contributed by atoms with Gasteiger partial charge < -0.3 is 14.4 Å². The smallest absolute Gasteiger partial charge is 0.305 e. The Balaban J connectivity index is 1.71. The number of nitrogens with zero attached hydrogens (tertiary/aromatic N) is 2. The lowest BCUT2D eigenvalue weighted by molar-refractivity contribution is -0.384. The Labute approximate surface area is 181 Å². The zero-order valence-corrected chi connectivity index (χ0v) is 18.0. The van der Waals surface area contributed by atoms with E-state index >= 15 is 0 Å². The number of fused-ring (bicyclic) bond motifs is 2. The SMILES string of the molecule is CCOC(=O)CCCN1c2ccccc2C(C)(C)C12C=Cc1cc([N+](=O)[O-])ccc1O2. The molecule has 1 unspecified atom stereocenters. The van der Waals surface area contributed by atoms with Crippen molar-refractivity contribution >= 4 is 23.4 Å². The van der Waals surface area contributed by atoms with Gasteiger partial charge in [-0.25, -0.2) is 0 Å². The summed E-state index contributed by atoms with van der Waals surface area (Å²) in [6.07, 6.45) is 4.84. The van der Waals surface area contributed by atoms with Crippen molar-refractivity contribution in [1.29, 1.82) is 0 Å². The molecule has 2 aromatic rings. The molecule has 0 aliphatic carbocycles. The highest BCUT2D eigenvalue weighted by atomic mass is 16.6. The van der Waals surface area contributed by atoms with Gasteiger partial charge in [-0.2, -0.15) is 0 Å². The first kappa shape index (κ1) is 20.9. The standard InChI is InChI=1S/C24H26N2O5/c1-4-30-22(27)10-7-15-25-20-9-6-5-8-19(20)23(2,3)24(25)14-13-17-16-18(26(28)29)11-12-21(17)31-24/h5-6,8-9,11-14,16H,4,7,10,15H2,1-3H3. The first-order chi connectivity index (χ1) is 14.8. The van der Waals surface area contributed by atoms with Gasteiger partial charge in [-0.05, 0) is 57.0 Å². The molecule has 0 N–H and O–H groups in total. The van der Waals surface area contributed by atoms with Crippen molar-refractivity contribution in [1.82, 2.24) is 0 Å². The highest BCUT2D eigenvalue weighted by Gasteiger charge is 2.58. The van der Waals surface area contributed by atoms with Crippen molar-refractivity contribution in [2.24, 2.45) is 0 Å². The Morgan fingerprint density at radius 3 is 2.74 bits per heavy atom. The minimum atomic E-state index is -0.811. The van der Waals surface area contributed by atoms with E-state index in [4.69, 9.17) is 9.47 Å². The van der Waals surface area contributed by atoms with Gasteiger partial charge in [0.25, 0.3) is 5.69 Å². The number of carbonyl (C=O) groups is 1. The number of nitro groups is 1. The lowest BCUT2D eigenvalue weighted by Crippen LogP contribution is -2.59.